The van der Waals surface area contributed by atoms with E-state index in [1.54, 1.807) is 6.20 Å². The van der Waals surface area contributed by atoms with E-state index >= 15 is 0 Å². The molecule has 1 heterocycles. The average Bonchev–Trinajstić information content (AvgIpc) is 2.59. The number of fused-ring (bicyclic) bond motifs is 1. The van der Waals surface area contributed by atoms with Crippen molar-refractivity contribution >= 4 is 22.8 Å². The van der Waals surface area contributed by atoms with E-state index in [1.807, 2.05) is 24.3 Å². The smallest absolute Gasteiger partial charge is 0.176 e. The third kappa shape index (κ3) is 4.18. The summed E-state index contributed by atoms with van der Waals surface area (Å²) in [4.78, 5) is 0. The van der Waals surface area contributed by atoms with Crippen molar-refractivity contribution in [2.24, 2.45) is 5.10 Å². The van der Waals surface area contributed by atoms with Crippen LogP contribution in [-0.2, 0) is 0 Å². The first-order valence-corrected chi connectivity index (χ1v) is 6.87. The Bertz CT molecular complexity index is 663. The number of aliphatic hydroxyl groups excluding tert-OH is 5. The largest absolute Gasteiger partial charge is 0.394 e. The van der Waals surface area contributed by atoms with Gasteiger partial charge in [-0.3, -0.25) is 5.43 Å². The molecule has 4 atom stereocenters. The number of nitrogens with zero attached hydrogens (tertiary/aromatic N) is 3. The van der Waals surface area contributed by atoms with E-state index in [-0.39, 0.29) is 0 Å². The van der Waals surface area contributed by atoms with Gasteiger partial charge < -0.3 is 25.5 Å². The maximum Gasteiger partial charge on any atom is 0.176 e. The van der Waals surface area contributed by atoms with Crippen molar-refractivity contribution in [3.05, 3.63) is 30.5 Å². The van der Waals surface area contributed by atoms with Crippen LogP contribution in [0.5, 0.6) is 0 Å². The zero-order chi connectivity index (χ0) is 16.8. The highest BCUT2D eigenvalue weighted by atomic mass is 16.4. The third-order valence-electron chi connectivity index (χ3n) is 3.25. The molecule has 0 unspecified atom stereocenters. The van der Waals surface area contributed by atoms with Gasteiger partial charge in [-0.15, -0.1) is 5.10 Å². The predicted molar refractivity (Wildman–Crippen MR) is 82.8 cm³/mol. The van der Waals surface area contributed by atoms with Crippen LogP contribution in [0.15, 0.2) is 35.6 Å². The second-order valence-corrected chi connectivity index (χ2v) is 4.89. The summed E-state index contributed by atoms with van der Waals surface area (Å²) in [7, 11) is 0. The van der Waals surface area contributed by atoms with Crippen LogP contribution in [0.4, 0.5) is 5.82 Å². The number of hydrogen-bond donors (Lipinski definition) is 6. The Labute approximate surface area is 131 Å². The highest BCUT2D eigenvalue weighted by molar-refractivity contribution is 5.90. The topological polar surface area (TPSA) is 151 Å². The molecule has 1 aromatic heterocycles. The second kappa shape index (κ2) is 7.90. The van der Waals surface area contributed by atoms with Crippen LogP contribution >= 0.6 is 0 Å². The van der Waals surface area contributed by atoms with E-state index in [2.05, 4.69) is 20.7 Å². The number of nitrogens with one attached hydrogen (secondary N) is 1. The maximum atomic E-state index is 9.70. The summed E-state index contributed by atoms with van der Waals surface area (Å²) in [6.07, 6.45) is -4.00. The number of aromatic nitrogens is 2. The van der Waals surface area contributed by atoms with E-state index in [1.165, 1.54) is 0 Å². The van der Waals surface area contributed by atoms with Crippen molar-refractivity contribution < 1.29 is 25.5 Å². The lowest BCUT2D eigenvalue weighted by molar-refractivity contribution is -0.0999. The van der Waals surface area contributed by atoms with Gasteiger partial charge >= 0.3 is 0 Å². The molecule has 0 saturated heterocycles. The number of aliphatic hydroxyl groups is 5. The Morgan fingerprint density at radius 3 is 2.61 bits per heavy atom. The van der Waals surface area contributed by atoms with Crippen molar-refractivity contribution in [3.63, 3.8) is 0 Å². The quantitative estimate of drug-likeness (QED) is 0.265. The molecule has 2 rings (SSSR count). The molecule has 0 aliphatic rings. The summed E-state index contributed by atoms with van der Waals surface area (Å²) >= 11 is 0. The van der Waals surface area contributed by atoms with Crippen LogP contribution in [0, 0.1) is 0 Å². The van der Waals surface area contributed by atoms with Crippen LogP contribution in [0.2, 0.25) is 0 Å². The number of hydrazone groups is 1. The molecule has 0 saturated carbocycles. The summed E-state index contributed by atoms with van der Waals surface area (Å²) < 4.78 is 0. The fourth-order valence-electron chi connectivity index (χ4n) is 1.91. The average molecular weight is 322 g/mol. The number of rotatable bonds is 7. The summed E-state index contributed by atoms with van der Waals surface area (Å²) in [6.45, 7) is -0.744. The van der Waals surface area contributed by atoms with Gasteiger partial charge in [0.1, 0.15) is 24.4 Å². The zero-order valence-electron chi connectivity index (χ0n) is 12.1. The van der Waals surface area contributed by atoms with Gasteiger partial charge in [0.15, 0.2) is 5.82 Å². The molecule has 1 aromatic carbocycles. The van der Waals surface area contributed by atoms with Crippen molar-refractivity contribution in [2.45, 2.75) is 24.4 Å². The maximum absolute atomic E-state index is 9.70. The Kier molecular flexibility index (Phi) is 5.90. The van der Waals surface area contributed by atoms with Gasteiger partial charge in [0, 0.05) is 10.8 Å². The molecular formula is C14H18N4O5. The van der Waals surface area contributed by atoms with Crippen LogP contribution < -0.4 is 5.43 Å². The standard InChI is InChI=1S/C14H18N4O5/c19-7-11(21)13(23)12(22)10(20)6-16-18-14-9-4-2-1-3-8(9)5-15-17-14/h1-6,10-13,19-23H,7H2,(H,17,18)/b16-6-/t10-,11-,12-,13-/m1/s1. The molecule has 23 heavy (non-hydrogen) atoms. The summed E-state index contributed by atoms with van der Waals surface area (Å²) in [5, 5.41) is 59.8. The predicted octanol–water partition coefficient (Wildman–Crippen LogP) is -1.54. The third-order valence-corrected chi connectivity index (χ3v) is 3.25. The molecule has 0 aliphatic heterocycles. The lowest BCUT2D eigenvalue weighted by atomic mass is 10.0. The summed E-state index contributed by atoms with van der Waals surface area (Å²) in [5.41, 5.74) is 2.59. The molecule has 2 aromatic rings. The molecule has 0 radical (unpaired) electrons. The highest BCUT2D eigenvalue weighted by Gasteiger charge is 2.29. The molecule has 9 nitrogen and oxygen atoms in total. The second-order valence-electron chi connectivity index (χ2n) is 4.89. The first-order valence-electron chi connectivity index (χ1n) is 6.87. The van der Waals surface area contributed by atoms with E-state index < -0.39 is 31.0 Å². The number of benzene rings is 1. The lowest BCUT2D eigenvalue weighted by Crippen LogP contribution is -2.46. The first kappa shape index (κ1) is 17.2. The Balaban J connectivity index is 2.03. The van der Waals surface area contributed by atoms with Crippen LogP contribution in [0.1, 0.15) is 0 Å². The van der Waals surface area contributed by atoms with Gasteiger partial charge in [0.05, 0.1) is 19.0 Å². The number of anilines is 1. The zero-order valence-corrected chi connectivity index (χ0v) is 12.1. The van der Waals surface area contributed by atoms with E-state index in [0.717, 1.165) is 17.0 Å². The highest BCUT2D eigenvalue weighted by Crippen LogP contribution is 2.18. The molecule has 0 fully saturated rings. The Morgan fingerprint density at radius 2 is 1.87 bits per heavy atom. The fourth-order valence-corrected chi connectivity index (χ4v) is 1.91. The minimum Gasteiger partial charge on any atom is -0.394 e. The normalized spacial score (nSPS) is 17.1. The number of hydrogen-bond acceptors (Lipinski definition) is 9. The first-order chi connectivity index (χ1) is 11.0. The molecule has 9 heteroatoms. The van der Waals surface area contributed by atoms with Crippen molar-refractivity contribution in [1.82, 2.24) is 10.2 Å². The molecule has 0 bridgehead atoms. The van der Waals surface area contributed by atoms with Crippen molar-refractivity contribution in [3.8, 4) is 0 Å². The van der Waals surface area contributed by atoms with Crippen LogP contribution in [0.25, 0.3) is 10.8 Å². The molecular weight excluding hydrogens is 304 g/mol. The molecule has 124 valence electrons. The Morgan fingerprint density at radius 1 is 1.13 bits per heavy atom. The fraction of sp³-hybridized carbons (Fsp3) is 0.357. The summed E-state index contributed by atoms with van der Waals surface area (Å²) in [5.74, 6) is 0.358. The summed E-state index contributed by atoms with van der Waals surface area (Å²) in [6, 6.07) is 7.34. The van der Waals surface area contributed by atoms with Gasteiger partial charge in [0.25, 0.3) is 0 Å². The van der Waals surface area contributed by atoms with Crippen LogP contribution in [0.3, 0.4) is 0 Å². The monoisotopic (exact) mass is 322 g/mol. The molecule has 6 N–H and O–H groups in total. The van der Waals surface area contributed by atoms with E-state index in [4.69, 9.17) is 5.11 Å². The lowest BCUT2D eigenvalue weighted by Gasteiger charge is -2.23. The van der Waals surface area contributed by atoms with E-state index in [0.29, 0.717) is 5.82 Å². The Hall–Kier alpha value is -2.17. The minimum atomic E-state index is -1.71. The van der Waals surface area contributed by atoms with Crippen LogP contribution in [-0.4, -0.2) is 73.0 Å². The molecule has 0 amide bonds. The van der Waals surface area contributed by atoms with Crippen molar-refractivity contribution in [2.75, 3.05) is 12.0 Å². The minimum absolute atomic E-state index is 0.358. The van der Waals surface area contributed by atoms with Gasteiger partial charge in [-0.25, -0.2) is 0 Å². The van der Waals surface area contributed by atoms with Gasteiger partial charge in [-0.1, -0.05) is 24.3 Å². The van der Waals surface area contributed by atoms with Gasteiger partial charge in [0.2, 0.25) is 0 Å². The molecule has 0 aliphatic carbocycles. The SMILES string of the molecule is OC[C@@H](O)[C@@H](O)[C@H](O)[C@H](O)/C=N\Nc1nncc2ccccc12. The van der Waals surface area contributed by atoms with E-state index in [9.17, 15) is 20.4 Å². The van der Waals surface area contributed by atoms with Gasteiger partial charge in [-0.05, 0) is 0 Å². The molecule has 0 spiro atoms. The van der Waals surface area contributed by atoms with Crippen molar-refractivity contribution in [1.29, 1.82) is 0 Å². The van der Waals surface area contributed by atoms with Gasteiger partial charge in [-0.2, -0.15) is 10.2 Å².